The Balaban J connectivity index is 1.44. The van der Waals surface area contributed by atoms with Crippen molar-refractivity contribution in [2.75, 3.05) is 33.4 Å². The van der Waals surface area contributed by atoms with Gasteiger partial charge in [0.2, 0.25) is 0 Å². The maximum atomic E-state index is 12.4. The molecule has 0 unspecified atom stereocenters. The Hall–Kier alpha value is -1.59. The summed E-state index contributed by atoms with van der Waals surface area (Å²) in [4.78, 5) is 14.2. The van der Waals surface area contributed by atoms with Gasteiger partial charge in [-0.05, 0) is 30.4 Å². The van der Waals surface area contributed by atoms with Crippen molar-refractivity contribution in [1.29, 1.82) is 0 Å². The first-order valence-corrected chi connectivity index (χ1v) is 7.99. The number of hydrogen-bond donors (Lipinski definition) is 1. The van der Waals surface area contributed by atoms with Crippen LogP contribution in [0.1, 0.15) is 17.5 Å². The molecule has 3 rings (SSSR count). The number of ether oxygens (including phenoxy) is 2. The number of benzene rings is 1. The second-order valence-corrected chi connectivity index (χ2v) is 6.04. The van der Waals surface area contributed by atoms with Crippen molar-refractivity contribution in [3.8, 4) is 0 Å². The van der Waals surface area contributed by atoms with E-state index in [0.29, 0.717) is 19.8 Å². The summed E-state index contributed by atoms with van der Waals surface area (Å²) in [6.45, 7) is 2.63. The van der Waals surface area contributed by atoms with Gasteiger partial charge in [0.25, 0.3) is 0 Å². The van der Waals surface area contributed by atoms with Gasteiger partial charge < -0.3 is 19.7 Å². The molecule has 22 heavy (non-hydrogen) atoms. The van der Waals surface area contributed by atoms with Crippen molar-refractivity contribution in [2.24, 2.45) is 0 Å². The smallest absolute Gasteiger partial charge is 0.317 e. The normalized spacial score (nSPS) is 21.1. The maximum absolute atomic E-state index is 12.4. The summed E-state index contributed by atoms with van der Waals surface area (Å²) in [6, 6.07) is 8.68. The molecule has 5 nitrogen and oxygen atoms in total. The van der Waals surface area contributed by atoms with Crippen molar-refractivity contribution in [3.05, 3.63) is 35.4 Å². The number of nitrogens with zero attached hydrogens (tertiary/aromatic N) is 1. The van der Waals surface area contributed by atoms with Gasteiger partial charge in [-0.3, -0.25) is 0 Å². The van der Waals surface area contributed by atoms with Gasteiger partial charge >= 0.3 is 6.03 Å². The molecule has 1 heterocycles. The summed E-state index contributed by atoms with van der Waals surface area (Å²) in [5.74, 6) is 0. The summed E-state index contributed by atoms with van der Waals surface area (Å²) in [6.07, 6.45) is 2.91. The first-order chi connectivity index (χ1) is 10.8. The number of likely N-dealkylation sites (tertiary alicyclic amines) is 1. The van der Waals surface area contributed by atoms with Gasteiger partial charge in [0.1, 0.15) is 0 Å². The van der Waals surface area contributed by atoms with Crippen LogP contribution in [0.25, 0.3) is 0 Å². The number of fused-ring (bicyclic) bond motifs is 1. The summed E-state index contributed by atoms with van der Waals surface area (Å²) in [5.41, 5.74) is 2.71. The molecule has 1 N–H and O–H groups in total. The fourth-order valence-electron chi connectivity index (χ4n) is 3.27. The third kappa shape index (κ3) is 3.59. The molecule has 0 saturated carbocycles. The number of urea groups is 1. The molecule has 0 radical (unpaired) electrons. The quantitative estimate of drug-likeness (QED) is 0.841. The zero-order valence-electron chi connectivity index (χ0n) is 13.1. The second kappa shape index (κ2) is 7.11. The lowest BCUT2D eigenvalue weighted by atomic mass is 10.1. The van der Waals surface area contributed by atoms with E-state index in [0.717, 1.165) is 25.8 Å². The number of carbonyl (C=O) groups is 1. The van der Waals surface area contributed by atoms with Crippen LogP contribution in [-0.2, 0) is 22.3 Å². The van der Waals surface area contributed by atoms with E-state index in [1.165, 1.54) is 11.1 Å². The van der Waals surface area contributed by atoms with E-state index >= 15 is 0 Å². The van der Waals surface area contributed by atoms with Crippen LogP contribution in [0.4, 0.5) is 4.79 Å². The third-order valence-corrected chi connectivity index (χ3v) is 4.45. The molecule has 1 aliphatic heterocycles. The maximum Gasteiger partial charge on any atom is 0.317 e. The molecule has 0 bridgehead atoms. The number of rotatable bonds is 5. The zero-order chi connectivity index (χ0) is 15.4. The molecule has 1 fully saturated rings. The number of methoxy groups -OCH3 is 1. The molecule has 5 heteroatoms. The fraction of sp³-hybridized carbons (Fsp3) is 0.588. The van der Waals surface area contributed by atoms with E-state index in [1.807, 2.05) is 4.90 Å². The number of amides is 2. The van der Waals surface area contributed by atoms with Gasteiger partial charge in [0.05, 0.1) is 19.3 Å². The van der Waals surface area contributed by atoms with Crippen molar-refractivity contribution in [3.63, 3.8) is 0 Å². The standard InChI is InChI=1S/C17H24N2O3/c1-21-8-9-22-16-6-7-19(12-16)17(20)18-15-10-13-4-2-3-5-14(13)11-15/h2-5,15-16H,6-12H2,1H3,(H,18,20)/t16-/m0/s1. The lowest BCUT2D eigenvalue weighted by molar-refractivity contribution is 0.0236. The molecule has 120 valence electrons. The Morgan fingerprint density at radius 1 is 1.27 bits per heavy atom. The van der Waals surface area contributed by atoms with E-state index in [1.54, 1.807) is 7.11 Å². The summed E-state index contributed by atoms with van der Waals surface area (Å²) in [5, 5.41) is 3.16. The van der Waals surface area contributed by atoms with Crippen LogP contribution in [0.3, 0.4) is 0 Å². The summed E-state index contributed by atoms with van der Waals surface area (Å²) >= 11 is 0. The molecule has 1 aromatic carbocycles. The molecule has 1 aliphatic carbocycles. The molecule has 1 saturated heterocycles. The number of carbonyl (C=O) groups excluding carboxylic acids is 1. The minimum atomic E-state index is 0.0376. The summed E-state index contributed by atoms with van der Waals surface area (Å²) in [7, 11) is 1.66. The Kier molecular flexibility index (Phi) is 4.95. The number of hydrogen-bond acceptors (Lipinski definition) is 3. The Bertz CT molecular complexity index is 495. The molecular weight excluding hydrogens is 280 g/mol. The minimum absolute atomic E-state index is 0.0376. The molecule has 2 amide bonds. The largest absolute Gasteiger partial charge is 0.382 e. The monoisotopic (exact) mass is 304 g/mol. The highest BCUT2D eigenvalue weighted by atomic mass is 16.5. The van der Waals surface area contributed by atoms with Crippen LogP contribution >= 0.6 is 0 Å². The molecular formula is C17H24N2O3. The van der Waals surface area contributed by atoms with E-state index in [4.69, 9.17) is 9.47 Å². The SMILES string of the molecule is COCCO[C@H]1CCN(C(=O)NC2Cc3ccccc3C2)C1. The van der Waals surface area contributed by atoms with Gasteiger partial charge in [-0.1, -0.05) is 24.3 Å². The minimum Gasteiger partial charge on any atom is -0.382 e. The van der Waals surface area contributed by atoms with Gasteiger partial charge in [-0.25, -0.2) is 4.79 Å². The fourth-order valence-corrected chi connectivity index (χ4v) is 3.27. The Labute approximate surface area is 131 Å². The van der Waals surface area contributed by atoms with Crippen molar-refractivity contribution < 1.29 is 14.3 Å². The van der Waals surface area contributed by atoms with Gasteiger partial charge in [-0.15, -0.1) is 0 Å². The van der Waals surface area contributed by atoms with Gasteiger partial charge in [-0.2, -0.15) is 0 Å². The zero-order valence-corrected chi connectivity index (χ0v) is 13.1. The van der Waals surface area contributed by atoms with E-state index < -0.39 is 0 Å². The highest BCUT2D eigenvalue weighted by Crippen LogP contribution is 2.22. The highest BCUT2D eigenvalue weighted by molar-refractivity contribution is 5.75. The van der Waals surface area contributed by atoms with Crippen molar-refractivity contribution in [2.45, 2.75) is 31.4 Å². The lowest BCUT2D eigenvalue weighted by Gasteiger charge is -2.20. The predicted molar refractivity (Wildman–Crippen MR) is 84.0 cm³/mol. The van der Waals surface area contributed by atoms with Crippen LogP contribution in [0.2, 0.25) is 0 Å². The topological polar surface area (TPSA) is 50.8 Å². The number of nitrogens with one attached hydrogen (secondary N) is 1. The molecule has 0 spiro atoms. The van der Waals surface area contributed by atoms with Crippen LogP contribution < -0.4 is 5.32 Å². The molecule has 1 aromatic rings. The average molecular weight is 304 g/mol. The van der Waals surface area contributed by atoms with Crippen LogP contribution in [0.15, 0.2) is 24.3 Å². The van der Waals surface area contributed by atoms with E-state index in [-0.39, 0.29) is 18.2 Å². The molecule has 0 aromatic heterocycles. The first kappa shape index (κ1) is 15.3. The average Bonchev–Trinajstić information content (AvgIpc) is 3.13. The van der Waals surface area contributed by atoms with Crippen LogP contribution in [-0.4, -0.2) is 56.5 Å². The first-order valence-electron chi connectivity index (χ1n) is 7.99. The summed E-state index contributed by atoms with van der Waals surface area (Å²) < 4.78 is 10.7. The van der Waals surface area contributed by atoms with E-state index in [2.05, 4.69) is 29.6 Å². The van der Waals surface area contributed by atoms with Crippen LogP contribution in [0.5, 0.6) is 0 Å². The van der Waals surface area contributed by atoms with Crippen LogP contribution in [0, 0.1) is 0 Å². The van der Waals surface area contributed by atoms with Gasteiger partial charge in [0.15, 0.2) is 0 Å². The Morgan fingerprint density at radius 3 is 2.68 bits per heavy atom. The lowest BCUT2D eigenvalue weighted by Crippen LogP contribution is -2.44. The van der Waals surface area contributed by atoms with Crippen molar-refractivity contribution >= 4 is 6.03 Å². The Morgan fingerprint density at radius 2 is 2.00 bits per heavy atom. The van der Waals surface area contributed by atoms with E-state index in [9.17, 15) is 4.79 Å². The molecule has 1 atom stereocenters. The van der Waals surface area contributed by atoms with Crippen molar-refractivity contribution in [1.82, 2.24) is 10.2 Å². The molecule has 2 aliphatic rings. The van der Waals surface area contributed by atoms with Gasteiger partial charge in [0, 0.05) is 26.2 Å². The highest BCUT2D eigenvalue weighted by Gasteiger charge is 2.29. The second-order valence-electron chi connectivity index (χ2n) is 6.04. The predicted octanol–water partition coefficient (Wildman–Crippen LogP) is 1.60. The third-order valence-electron chi connectivity index (χ3n) is 4.45.